The van der Waals surface area contributed by atoms with Crippen molar-refractivity contribution in [2.75, 3.05) is 5.75 Å². The Kier molecular flexibility index (Phi) is 6.24. The molecule has 136 valence electrons. The zero-order valence-corrected chi connectivity index (χ0v) is 16.5. The Labute approximate surface area is 165 Å². The van der Waals surface area contributed by atoms with Crippen molar-refractivity contribution in [3.8, 4) is 5.75 Å². The van der Waals surface area contributed by atoms with Crippen LogP contribution in [0, 0.1) is 6.92 Å². The summed E-state index contributed by atoms with van der Waals surface area (Å²) in [5.41, 5.74) is 0. The van der Waals surface area contributed by atoms with Crippen LogP contribution in [-0.2, 0) is 6.61 Å². The average molecular weight is 411 g/mol. The molecule has 3 rings (SSSR count). The minimum Gasteiger partial charge on any atom is -0.484 e. The van der Waals surface area contributed by atoms with Gasteiger partial charge in [-0.05, 0) is 43.0 Å². The normalized spacial score (nSPS) is 11.4. The highest BCUT2D eigenvalue weighted by atomic mass is 35.5. The van der Waals surface area contributed by atoms with E-state index < -0.39 is 0 Å². The van der Waals surface area contributed by atoms with Gasteiger partial charge in [-0.1, -0.05) is 41.9 Å². The second kappa shape index (κ2) is 8.62. The predicted octanol–water partition coefficient (Wildman–Crippen LogP) is 5.06. The lowest BCUT2D eigenvalue weighted by molar-refractivity contribution is 0.270. The van der Waals surface area contributed by atoms with Crippen LogP contribution < -0.4 is 4.74 Å². The van der Waals surface area contributed by atoms with Crippen molar-refractivity contribution >= 4 is 41.2 Å². The fraction of sp³-hybridized carbons (Fsp3) is 0.235. The van der Waals surface area contributed by atoms with Crippen LogP contribution in [0.1, 0.15) is 24.3 Å². The first-order valence-corrected chi connectivity index (χ1v) is 9.56. The summed E-state index contributed by atoms with van der Waals surface area (Å²) in [6, 6.07) is 8.71. The average Bonchev–Trinajstić information content (AvgIpc) is 3.20. The number of thioether (sulfide) groups is 1. The molecule has 0 amide bonds. The number of aryl methyl sites for hydroxylation is 1. The monoisotopic (exact) mass is 410 g/mol. The van der Waals surface area contributed by atoms with Crippen LogP contribution in [0.15, 0.2) is 45.0 Å². The second-order valence-electron chi connectivity index (χ2n) is 5.19. The van der Waals surface area contributed by atoms with Crippen LogP contribution >= 0.6 is 35.0 Å². The highest BCUT2D eigenvalue weighted by Gasteiger charge is 2.08. The number of halogens is 2. The van der Waals surface area contributed by atoms with E-state index in [4.69, 9.17) is 32.4 Å². The molecule has 9 heteroatoms. The summed E-state index contributed by atoms with van der Waals surface area (Å²) in [4.78, 5) is 0. The largest absolute Gasteiger partial charge is 0.484 e. The van der Waals surface area contributed by atoms with Gasteiger partial charge in [0, 0.05) is 5.02 Å². The molecule has 2 heterocycles. The third kappa shape index (κ3) is 4.60. The Hall–Kier alpha value is -1.96. The quantitative estimate of drug-likeness (QED) is 0.402. The lowest BCUT2D eigenvalue weighted by Gasteiger charge is -2.06. The number of benzene rings is 1. The van der Waals surface area contributed by atoms with E-state index in [1.54, 1.807) is 40.9 Å². The van der Waals surface area contributed by atoms with Crippen LogP contribution in [0.4, 0.5) is 0 Å². The zero-order valence-electron chi connectivity index (χ0n) is 14.1. The number of ether oxygens (including phenoxy) is 1. The molecule has 0 fully saturated rings. The Morgan fingerprint density at radius 2 is 2.12 bits per heavy atom. The fourth-order valence-electron chi connectivity index (χ4n) is 2.09. The molecule has 2 aromatic heterocycles. The maximum Gasteiger partial charge on any atom is 0.212 e. The Morgan fingerprint density at radius 3 is 2.88 bits per heavy atom. The Bertz CT molecular complexity index is 923. The molecule has 0 saturated heterocycles. The maximum absolute atomic E-state index is 6.09. The van der Waals surface area contributed by atoms with E-state index in [1.165, 1.54) is 0 Å². The van der Waals surface area contributed by atoms with E-state index in [-0.39, 0.29) is 6.61 Å². The third-order valence-electron chi connectivity index (χ3n) is 3.29. The second-order valence-corrected chi connectivity index (χ2v) is 7.26. The standard InChI is InChI=1S/C17H16Cl2N4O2S/c1-3-26-17-22-21-11(2)23(17)20-9-13-5-6-14(25-13)10-24-16-7-4-12(18)8-15(16)19/h4-9H,3,10H2,1-2H3/b20-9-. The first-order valence-electron chi connectivity index (χ1n) is 7.82. The Morgan fingerprint density at radius 1 is 1.27 bits per heavy atom. The summed E-state index contributed by atoms with van der Waals surface area (Å²) in [6.07, 6.45) is 1.62. The van der Waals surface area contributed by atoms with Crippen molar-refractivity contribution < 1.29 is 9.15 Å². The summed E-state index contributed by atoms with van der Waals surface area (Å²) in [5.74, 6) is 3.41. The van der Waals surface area contributed by atoms with Gasteiger partial charge in [0.2, 0.25) is 5.16 Å². The van der Waals surface area contributed by atoms with Gasteiger partial charge in [-0.25, -0.2) is 0 Å². The number of hydrogen-bond donors (Lipinski definition) is 0. The molecule has 26 heavy (non-hydrogen) atoms. The molecular formula is C17H16Cl2N4O2S. The van der Waals surface area contributed by atoms with Gasteiger partial charge in [-0.2, -0.15) is 9.78 Å². The van der Waals surface area contributed by atoms with E-state index in [0.717, 1.165) is 10.9 Å². The molecule has 0 spiro atoms. The minimum absolute atomic E-state index is 0.248. The van der Waals surface area contributed by atoms with Crippen LogP contribution in [0.2, 0.25) is 10.0 Å². The maximum atomic E-state index is 6.09. The third-order valence-corrected chi connectivity index (χ3v) is 4.62. The van der Waals surface area contributed by atoms with Gasteiger partial charge in [0.1, 0.15) is 23.9 Å². The summed E-state index contributed by atoms with van der Waals surface area (Å²) < 4.78 is 13.0. The molecule has 0 bridgehead atoms. The Balaban J connectivity index is 1.65. The SMILES string of the molecule is CCSc1nnc(C)n1/N=C\c1ccc(COc2ccc(Cl)cc2Cl)o1. The van der Waals surface area contributed by atoms with E-state index in [1.807, 2.05) is 19.1 Å². The molecular weight excluding hydrogens is 395 g/mol. The number of nitrogens with zero attached hydrogens (tertiary/aromatic N) is 4. The van der Waals surface area contributed by atoms with Crippen LogP contribution in [-0.4, -0.2) is 26.8 Å². The molecule has 0 radical (unpaired) electrons. The van der Waals surface area contributed by atoms with Crippen LogP contribution in [0.3, 0.4) is 0 Å². The highest BCUT2D eigenvalue weighted by Crippen LogP contribution is 2.28. The van der Waals surface area contributed by atoms with E-state index in [9.17, 15) is 0 Å². The molecule has 6 nitrogen and oxygen atoms in total. The lowest BCUT2D eigenvalue weighted by atomic mass is 10.3. The number of furan rings is 1. The first-order chi connectivity index (χ1) is 12.6. The van der Waals surface area contributed by atoms with Crippen molar-refractivity contribution in [3.05, 3.63) is 57.7 Å². The summed E-state index contributed by atoms with van der Waals surface area (Å²) >= 11 is 13.5. The first kappa shape index (κ1) is 18.8. The lowest BCUT2D eigenvalue weighted by Crippen LogP contribution is -1.96. The molecule has 3 aromatic rings. The zero-order chi connectivity index (χ0) is 18.5. The van der Waals surface area contributed by atoms with Crippen molar-refractivity contribution in [2.45, 2.75) is 25.6 Å². The number of aromatic nitrogens is 3. The summed E-state index contributed by atoms with van der Waals surface area (Å²) in [5, 5.41) is 14.3. The van der Waals surface area contributed by atoms with Crippen molar-refractivity contribution in [3.63, 3.8) is 0 Å². The fourth-order valence-corrected chi connectivity index (χ4v) is 3.21. The van der Waals surface area contributed by atoms with E-state index in [2.05, 4.69) is 22.2 Å². The topological polar surface area (TPSA) is 65.4 Å². The molecule has 0 unspecified atom stereocenters. The smallest absolute Gasteiger partial charge is 0.212 e. The van der Waals surface area contributed by atoms with Crippen LogP contribution in [0.5, 0.6) is 5.75 Å². The molecule has 0 aliphatic heterocycles. The summed E-state index contributed by atoms with van der Waals surface area (Å²) in [6.45, 7) is 4.15. The molecule has 0 N–H and O–H groups in total. The van der Waals surface area contributed by atoms with Gasteiger partial charge < -0.3 is 9.15 Å². The molecule has 0 aliphatic rings. The van der Waals surface area contributed by atoms with Gasteiger partial charge in [0.25, 0.3) is 0 Å². The van der Waals surface area contributed by atoms with Crippen molar-refractivity contribution in [1.29, 1.82) is 0 Å². The highest BCUT2D eigenvalue weighted by molar-refractivity contribution is 7.99. The van der Waals surface area contributed by atoms with Crippen LogP contribution in [0.25, 0.3) is 0 Å². The summed E-state index contributed by atoms with van der Waals surface area (Å²) in [7, 11) is 0. The number of rotatable bonds is 7. The van der Waals surface area contributed by atoms with Gasteiger partial charge in [-0.3, -0.25) is 0 Å². The van der Waals surface area contributed by atoms with Gasteiger partial charge in [-0.15, -0.1) is 10.2 Å². The number of hydrogen-bond acceptors (Lipinski definition) is 6. The molecule has 0 atom stereocenters. The van der Waals surface area contributed by atoms with Crippen molar-refractivity contribution in [1.82, 2.24) is 14.9 Å². The van der Waals surface area contributed by atoms with Crippen molar-refractivity contribution in [2.24, 2.45) is 5.10 Å². The molecule has 1 aromatic carbocycles. The molecule has 0 saturated carbocycles. The van der Waals surface area contributed by atoms with E-state index >= 15 is 0 Å². The predicted molar refractivity (Wildman–Crippen MR) is 104 cm³/mol. The minimum atomic E-state index is 0.248. The van der Waals surface area contributed by atoms with E-state index in [0.29, 0.717) is 33.1 Å². The van der Waals surface area contributed by atoms with Gasteiger partial charge >= 0.3 is 0 Å². The molecule has 0 aliphatic carbocycles. The van der Waals surface area contributed by atoms with Gasteiger partial charge in [0.15, 0.2) is 5.82 Å². The van der Waals surface area contributed by atoms with Gasteiger partial charge in [0.05, 0.1) is 11.2 Å².